The monoisotopic (exact) mass is 395 g/mol. The van der Waals surface area contributed by atoms with Crippen LogP contribution in [0, 0.1) is 6.92 Å². The van der Waals surface area contributed by atoms with Crippen LogP contribution in [0.4, 0.5) is 5.69 Å². The fourth-order valence-electron chi connectivity index (χ4n) is 2.89. The molecule has 0 saturated heterocycles. The molecule has 3 rings (SSSR count). The topological polar surface area (TPSA) is 47.6 Å². The molecule has 1 amide bonds. The summed E-state index contributed by atoms with van der Waals surface area (Å²) < 4.78 is 11.1. The summed E-state index contributed by atoms with van der Waals surface area (Å²) >= 11 is 6.15. The third-order valence-electron chi connectivity index (χ3n) is 4.25. The van der Waals surface area contributed by atoms with Gasteiger partial charge in [-0.2, -0.15) is 0 Å². The maximum Gasteiger partial charge on any atom is 0.262 e. The Bertz CT molecular complexity index is 957. The molecule has 28 heavy (non-hydrogen) atoms. The van der Waals surface area contributed by atoms with Crippen molar-refractivity contribution in [2.75, 3.05) is 19.0 Å². The smallest absolute Gasteiger partial charge is 0.262 e. The SMILES string of the molecule is COc1ccc(C)cc1NC(=O)COc1ccc(Cl)cc1Cc1ccccc1. The van der Waals surface area contributed by atoms with Crippen molar-refractivity contribution in [3.63, 3.8) is 0 Å². The Hall–Kier alpha value is -2.98. The van der Waals surface area contributed by atoms with Gasteiger partial charge in [0.25, 0.3) is 5.91 Å². The molecule has 1 N–H and O–H groups in total. The number of carbonyl (C=O) groups is 1. The molecule has 0 bridgehead atoms. The number of amides is 1. The fraction of sp³-hybridized carbons (Fsp3) is 0.174. The van der Waals surface area contributed by atoms with Crippen LogP contribution in [-0.4, -0.2) is 19.6 Å². The van der Waals surface area contributed by atoms with Gasteiger partial charge in [-0.25, -0.2) is 0 Å². The molecule has 0 unspecified atom stereocenters. The largest absolute Gasteiger partial charge is 0.495 e. The van der Waals surface area contributed by atoms with Crippen molar-refractivity contribution >= 4 is 23.2 Å². The van der Waals surface area contributed by atoms with Crippen molar-refractivity contribution in [3.05, 3.63) is 88.4 Å². The van der Waals surface area contributed by atoms with E-state index in [1.54, 1.807) is 19.2 Å². The van der Waals surface area contributed by atoms with Crippen LogP contribution in [0.15, 0.2) is 66.7 Å². The van der Waals surface area contributed by atoms with Gasteiger partial charge >= 0.3 is 0 Å². The number of methoxy groups -OCH3 is 1. The number of aryl methyl sites for hydroxylation is 1. The van der Waals surface area contributed by atoms with Gasteiger partial charge in [0.15, 0.2) is 6.61 Å². The number of halogens is 1. The van der Waals surface area contributed by atoms with Crippen molar-refractivity contribution in [2.45, 2.75) is 13.3 Å². The normalized spacial score (nSPS) is 10.4. The van der Waals surface area contributed by atoms with Gasteiger partial charge in [-0.1, -0.05) is 48.0 Å². The summed E-state index contributed by atoms with van der Waals surface area (Å²) in [6.07, 6.45) is 0.671. The van der Waals surface area contributed by atoms with Crippen LogP contribution in [0.25, 0.3) is 0 Å². The molecule has 3 aromatic rings. The van der Waals surface area contributed by atoms with Crippen LogP contribution >= 0.6 is 11.6 Å². The van der Waals surface area contributed by atoms with E-state index in [-0.39, 0.29) is 12.5 Å². The Balaban J connectivity index is 1.69. The highest BCUT2D eigenvalue weighted by molar-refractivity contribution is 6.30. The van der Waals surface area contributed by atoms with Crippen LogP contribution in [0.3, 0.4) is 0 Å². The quantitative estimate of drug-likeness (QED) is 0.593. The molecule has 4 nitrogen and oxygen atoms in total. The Morgan fingerprint density at radius 3 is 2.50 bits per heavy atom. The zero-order chi connectivity index (χ0) is 19.9. The molecule has 0 aliphatic heterocycles. The van der Waals surface area contributed by atoms with Crippen LogP contribution in [0.5, 0.6) is 11.5 Å². The lowest BCUT2D eigenvalue weighted by Gasteiger charge is -2.14. The third kappa shape index (κ3) is 5.27. The highest BCUT2D eigenvalue weighted by atomic mass is 35.5. The van der Waals surface area contributed by atoms with Crippen LogP contribution < -0.4 is 14.8 Å². The number of carbonyl (C=O) groups excluding carboxylic acids is 1. The lowest BCUT2D eigenvalue weighted by molar-refractivity contribution is -0.118. The van der Waals surface area contributed by atoms with E-state index in [2.05, 4.69) is 5.32 Å². The Morgan fingerprint density at radius 2 is 1.75 bits per heavy atom. The number of anilines is 1. The summed E-state index contributed by atoms with van der Waals surface area (Å²) in [5.74, 6) is 0.985. The first-order valence-corrected chi connectivity index (χ1v) is 9.32. The van der Waals surface area contributed by atoms with E-state index < -0.39 is 0 Å². The first-order chi connectivity index (χ1) is 13.5. The zero-order valence-electron chi connectivity index (χ0n) is 15.9. The highest BCUT2D eigenvalue weighted by Crippen LogP contribution is 2.27. The minimum atomic E-state index is -0.260. The van der Waals surface area contributed by atoms with Crippen LogP contribution in [0.2, 0.25) is 5.02 Å². The Labute approximate surface area is 170 Å². The molecule has 3 aromatic carbocycles. The molecule has 0 aliphatic carbocycles. The van der Waals surface area contributed by atoms with E-state index in [4.69, 9.17) is 21.1 Å². The zero-order valence-corrected chi connectivity index (χ0v) is 16.6. The second-order valence-corrected chi connectivity index (χ2v) is 6.89. The maximum atomic E-state index is 12.4. The van der Waals surface area contributed by atoms with Gasteiger partial charge in [-0.05, 0) is 53.9 Å². The summed E-state index contributed by atoms with van der Waals surface area (Å²) in [5.41, 5.74) is 3.72. The molecular formula is C23H22ClNO3. The lowest BCUT2D eigenvalue weighted by atomic mass is 10.0. The third-order valence-corrected chi connectivity index (χ3v) is 4.48. The summed E-state index contributed by atoms with van der Waals surface area (Å²) in [6, 6.07) is 21.1. The molecular weight excluding hydrogens is 374 g/mol. The van der Waals surface area contributed by atoms with E-state index >= 15 is 0 Å². The predicted octanol–water partition coefficient (Wildman–Crippen LogP) is 5.27. The number of hydrogen-bond donors (Lipinski definition) is 1. The van der Waals surface area contributed by atoms with Gasteiger partial charge < -0.3 is 14.8 Å². The van der Waals surface area contributed by atoms with Crippen LogP contribution in [-0.2, 0) is 11.2 Å². The van der Waals surface area contributed by atoms with Gasteiger partial charge in [0.2, 0.25) is 0 Å². The van der Waals surface area contributed by atoms with Crippen LogP contribution in [0.1, 0.15) is 16.7 Å². The molecule has 0 radical (unpaired) electrons. The Kier molecular flexibility index (Phi) is 6.56. The molecule has 0 spiro atoms. The van der Waals surface area contributed by atoms with Gasteiger partial charge in [-0.3, -0.25) is 4.79 Å². The molecule has 144 valence electrons. The highest BCUT2D eigenvalue weighted by Gasteiger charge is 2.11. The lowest BCUT2D eigenvalue weighted by Crippen LogP contribution is -2.21. The average molecular weight is 396 g/mol. The predicted molar refractivity (Wildman–Crippen MR) is 113 cm³/mol. The average Bonchev–Trinajstić information content (AvgIpc) is 2.68. The van der Waals surface area contributed by atoms with Crippen molar-refractivity contribution in [1.29, 1.82) is 0 Å². The standard InChI is InChI=1S/C23H22ClNO3/c1-16-8-10-22(27-2)20(12-16)25-23(26)15-28-21-11-9-19(24)14-18(21)13-17-6-4-3-5-7-17/h3-12,14H,13,15H2,1-2H3,(H,25,26). The second kappa shape index (κ2) is 9.29. The summed E-state index contributed by atoms with van der Waals surface area (Å²) in [7, 11) is 1.57. The number of hydrogen-bond acceptors (Lipinski definition) is 3. The molecule has 0 heterocycles. The Morgan fingerprint density at radius 1 is 1.00 bits per heavy atom. The van der Waals surface area contributed by atoms with Gasteiger partial charge in [-0.15, -0.1) is 0 Å². The van der Waals surface area contributed by atoms with E-state index in [0.717, 1.165) is 16.7 Å². The minimum Gasteiger partial charge on any atom is -0.495 e. The minimum absolute atomic E-state index is 0.111. The molecule has 5 heteroatoms. The van der Waals surface area contributed by atoms with E-state index in [1.165, 1.54) is 0 Å². The molecule has 0 atom stereocenters. The first kappa shape index (κ1) is 19.8. The maximum absolute atomic E-state index is 12.4. The molecule has 0 aromatic heterocycles. The van der Waals surface area contributed by atoms with Gasteiger partial charge in [0, 0.05) is 11.4 Å². The van der Waals surface area contributed by atoms with Crippen molar-refractivity contribution in [1.82, 2.24) is 0 Å². The molecule has 0 fully saturated rings. The molecule has 0 saturated carbocycles. The van der Waals surface area contributed by atoms with Gasteiger partial charge in [0.1, 0.15) is 11.5 Å². The first-order valence-electron chi connectivity index (χ1n) is 8.95. The summed E-state index contributed by atoms with van der Waals surface area (Å²) in [6.45, 7) is 1.84. The van der Waals surface area contributed by atoms with Crippen molar-refractivity contribution < 1.29 is 14.3 Å². The number of benzene rings is 3. The fourth-order valence-corrected chi connectivity index (χ4v) is 3.09. The van der Waals surface area contributed by atoms with E-state index in [1.807, 2.05) is 61.5 Å². The van der Waals surface area contributed by atoms with E-state index in [9.17, 15) is 4.79 Å². The van der Waals surface area contributed by atoms with Crippen molar-refractivity contribution in [3.8, 4) is 11.5 Å². The second-order valence-electron chi connectivity index (χ2n) is 6.46. The number of ether oxygens (including phenoxy) is 2. The number of rotatable bonds is 7. The molecule has 0 aliphatic rings. The van der Waals surface area contributed by atoms with Crippen molar-refractivity contribution in [2.24, 2.45) is 0 Å². The summed E-state index contributed by atoms with van der Waals surface area (Å²) in [4.78, 5) is 12.4. The van der Waals surface area contributed by atoms with Gasteiger partial charge in [0.05, 0.1) is 12.8 Å². The van der Waals surface area contributed by atoms with E-state index in [0.29, 0.717) is 28.6 Å². The summed E-state index contributed by atoms with van der Waals surface area (Å²) in [5, 5.41) is 3.47. The number of nitrogens with one attached hydrogen (secondary N) is 1.